The third-order valence-electron chi connectivity index (χ3n) is 6.04. The Kier molecular flexibility index (Phi) is 5.14. The van der Waals surface area contributed by atoms with Gasteiger partial charge in [-0.3, -0.25) is 24.6 Å². The number of hydrogen-bond acceptors (Lipinski definition) is 8. The molecule has 1 amide bonds. The lowest BCUT2D eigenvalue weighted by Crippen LogP contribution is -2.27. The van der Waals surface area contributed by atoms with Crippen LogP contribution in [0, 0.1) is 0 Å². The van der Waals surface area contributed by atoms with Crippen molar-refractivity contribution in [3.63, 3.8) is 0 Å². The molecule has 182 valence electrons. The Morgan fingerprint density at radius 2 is 1.81 bits per heavy atom. The van der Waals surface area contributed by atoms with E-state index in [1.54, 1.807) is 30.9 Å². The van der Waals surface area contributed by atoms with Gasteiger partial charge in [0.05, 0.1) is 40.8 Å². The fourth-order valence-corrected chi connectivity index (χ4v) is 4.94. The third kappa shape index (κ3) is 4.02. The van der Waals surface area contributed by atoms with E-state index in [4.69, 9.17) is 4.98 Å². The summed E-state index contributed by atoms with van der Waals surface area (Å²) >= 11 is 0. The summed E-state index contributed by atoms with van der Waals surface area (Å²) in [5, 5.41) is 7.98. The number of H-pyrrole nitrogens is 2. The maximum Gasteiger partial charge on any atom is 0.257 e. The fourth-order valence-electron chi connectivity index (χ4n) is 4.40. The number of aromatic nitrogens is 7. The Bertz CT molecular complexity index is 1740. The highest BCUT2D eigenvalue weighted by Crippen LogP contribution is 2.30. The zero-order chi connectivity index (χ0) is 24.9. The molecule has 1 aliphatic rings. The zero-order valence-electron chi connectivity index (χ0n) is 19.2. The molecule has 1 aliphatic heterocycles. The van der Waals surface area contributed by atoms with Crippen molar-refractivity contribution in [1.29, 1.82) is 0 Å². The van der Waals surface area contributed by atoms with Gasteiger partial charge in [0.15, 0.2) is 11.5 Å². The molecule has 5 aromatic rings. The molecule has 0 bridgehead atoms. The van der Waals surface area contributed by atoms with Crippen LogP contribution in [0.25, 0.3) is 44.7 Å². The predicted octanol–water partition coefficient (Wildman–Crippen LogP) is 2.57. The monoisotopic (exact) mass is 503 g/mol. The van der Waals surface area contributed by atoms with Crippen LogP contribution in [0.1, 0.15) is 23.2 Å². The quantitative estimate of drug-likeness (QED) is 0.329. The number of sulfonamides is 1. The van der Waals surface area contributed by atoms with E-state index in [0.29, 0.717) is 50.4 Å². The maximum atomic E-state index is 13.0. The second-order valence-corrected chi connectivity index (χ2v) is 10.4. The van der Waals surface area contributed by atoms with Crippen molar-refractivity contribution in [3.8, 4) is 22.6 Å². The van der Waals surface area contributed by atoms with E-state index < -0.39 is 10.0 Å². The molecule has 36 heavy (non-hydrogen) atoms. The standard InChI is InChI=1S/C23H21N9O3S/c1-36(34,35)31-15-6-13(8-24-10-15)14-7-16-20(29-30-21(16)26-9-14)22-27-18-12-25-11-17(19(18)28-22)23(33)32-4-2-3-5-32/h6-12,31H,2-5H2,1H3,(H,27,28)(H,26,29,30). The number of fused-ring (bicyclic) bond motifs is 2. The van der Waals surface area contributed by atoms with Gasteiger partial charge in [0.2, 0.25) is 10.0 Å². The second kappa shape index (κ2) is 8.37. The smallest absolute Gasteiger partial charge is 0.257 e. The largest absolute Gasteiger partial charge is 0.339 e. The van der Waals surface area contributed by atoms with E-state index >= 15 is 0 Å². The summed E-state index contributed by atoms with van der Waals surface area (Å²) in [7, 11) is -3.44. The number of pyridine rings is 3. The van der Waals surface area contributed by atoms with Gasteiger partial charge in [-0.25, -0.2) is 18.4 Å². The molecular formula is C23H21N9O3S. The number of aromatic amines is 2. The Labute approximate surface area is 205 Å². The molecule has 0 spiro atoms. The summed E-state index contributed by atoms with van der Waals surface area (Å²) in [6.45, 7) is 1.48. The molecule has 1 saturated heterocycles. The van der Waals surface area contributed by atoms with Crippen molar-refractivity contribution in [2.75, 3.05) is 24.1 Å². The predicted molar refractivity (Wildman–Crippen MR) is 134 cm³/mol. The average molecular weight is 504 g/mol. The minimum Gasteiger partial charge on any atom is -0.339 e. The molecule has 0 aliphatic carbocycles. The molecule has 5 aromatic heterocycles. The van der Waals surface area contributed by atoms with Crippen LogP contribution in [-0.4, -0.2) is 73.7 Å². The summed E-state index contributed by atoms with van der Waals surface area (Å²) in [5.74, 6) is 0.428. The first-order valence-electron chi connectivity index (χ1n) is 11.3. The van der Waals surface area contributed by atoms with Crippen molar-refractivity contribution in [1.82, 2.24) is 40.0 Å². The van der Waals surface area contributed by atoms with Crippen molar-refractivity contribution < 1.29 is 13.2 Å². The average Bonchev–Trinajstić information content (AvgIpc) is 3.61. The van der Waals surface area contributed by atoms with Gasteiger partial charge in [-0.1, -0.05) is 0 Å². The number of amides is 1. The van der Waals surface area contributed by atoms with Crippen molar-refractivity contribution in [3.05, 3.63) is 48.7 Å². The zero-order valence-corrected chi connectivity index (χ0v) is 20.0. The molecule has 1 fully saturated rings. The number of likely N-dealkylation sites (tertiary alicyclic amines) is 1. The molecule has 0 aromatic carbocycles. The van der Waals surface area contributed by atoms with Gasteiger partial charge in [0.1, 0.15) is 11.2 Å². The van der Waals surface area contributed by atoms with E-state index in [1.807, 2.05) is 11.0 Å². The van der Waals surface area contributed by atoms with Crippen LogP contribution in [0.15, 0.2) is 43.1 Å². The summed E-state index contributed by atoms with van der Waals surface area (Å²) in [6.07, 6.45) is 11.0. The molecule has 0 atom stereocenters. The third-order valence-corrected chi connectivity index (χ3v) is 6.65. The minimum absolute atomic E-state index is 0.0721. The number of nitrogens with one attached hydrogen (secondary N) is 3. The Morgan fingerprint density at radius 3 is 2.61 bits per heavy atom. The molecule has 13 heteroatoms. The van der Waals surface area contributed by atoms with Gasteiger partial charge in [-0.2, -0.15) is 5.10 Å². The first kappa shape index (κ1) is 22.1. The number of carbonyl (C=O) groups excluding carboxylic acids is 1. The number of imidazole rings is 1. The van der Waals surface area contributed by atoms with Crippen LogP contribution in [0.4, 0.5) is 5.69 Å². The summed E-state index contributed by atoms with van der Waals surface area (Å²) < 4.78 is 25.6. The number of hydrogen-bond donors (Lipinski definition) is 3. The first-order chi connectivity index (χ1) is 17.4. The SMILES string of the molecule is CS(=O)(=O)Nc1cncc(-c2cnc3n[nH]c(-c4nc5c(C(=O)N6CCCC6)cncc5[nH]4)c3c2)c1. The number of anilines is 1. The Morgan fingerprint density at radius 1 is 1.03 bits per heavy atom. The van der Waals surface area contributed by atoms with E-state index in [0.717, 1.165) is 37.8 Å². The van der Waals surface area contributed by atoms with Gasteiger partial charge in [-0.15, -0.1) is 0 Å². The minimum atomic E-state index is -3.44. The van der Waals surface area contributed by atoms with E-state index in [2.05, 4.69) is 34.9 Å². The van der Waals surface area contributed by atoms with Crippen molar-refractivity contribution >= 4 is 43.7 Å². The summed E-state index contributed by atoms with van der Waals surface area (Å²) in [5.41, 5.74) is 4.49. The van der Waals surface area contributed by atoms with Gasteiger partial charge >= 0.3 is 0 Å². The maximum absolute atomic E-state index is 13.0. The van der Waals surface area contributed by atoms with Gasteiger partial charge in [-0.05, 0) is 25.0 Å². The van der Waals surface area contributed by atoms with Gasteiger partial charge in [0, 0.05) is 42.8 Å². The lowest BCUT2D eigenvalue weighted by atomic mass is 10.1. The highest BCUT2D eigenvalue weighted by Gasteiger charge is 2.24. The van der Waals surface area contributed by atoms with Crippen molar-refractivity contribution in [2.45, 2.75) is 12.8 Å². The summed E-state index contributed by atoms with van der Waals surface area (Å²) in [6, 6.07) is 3.56. The Balaban J connectivity index is 1.41. The number of nitrogens with zero attached hydrogens (tertiary/aromatic N) is 6. The van der Waals surface area contributed by atoms with Crippen LogP contribution in [0.3, 0.4) is 0 Å². The topological polar surface area (TPSA) is 163 Å². The van der Waals surface area contributed by atoms with Crippen molar-refractivity contribution in [2.24, 2.45) is 0 Å². The first-order valence-corrected chi connectivity index (χ1v) is 13.2. The molecule has 6 rings (SSSR count). The fraction of sp³-hybridized carbons (Fsp3) is 0.217. The van der Waals surface area contributed by atoms with Crippen LogP contribution >= 0.6 is 0 Å². The molecule has 0 saturated carbocycles. The van der Waals surface area contributed by atoms with Crippen LogP contribution < -0.4 is 4.72 Å². The van der Waals surface area contributed by atoms with Gasteiger partial charge in [0.25, 0.3) is 5.91 Å². The second-order valence-electron chi connectivity index (χ2n) is 8.70. The number of carbonyl (C=O) groups is 1. The van der Waals surface area contributed by atoms with E-state index in [-0.39, 0.29) is 5.91 Å². The molecule has 0 unspecified atom stereocenters. The highest BCUT2D eigenvalue weighted by molar-refractivity contribution is 7.92. The van der Waals surface area contributed by atoms with Crippen LogP contribution in [-0.2, 0) is 10.0 Å². The molecule has 3 N–H and O–H groups in total. The number of rotatable bonds is 5. The lowest BCUT2D eigenvalue weighted by molar-refractivity contribution is 0.0794. The van der Waals surface area contributed by atoms with E-state index in [1.165, 1.54) is 6.20 Å². The molecule has 0 radical (unpaired) electrons. The Hall–Kier alpha value is -4.39. The molecular weight excluding hydrogens is 482 g/mol. The van der Waals surface area contributed by atoms with Gasteiger partial charge < -0.3 is 9.88 Å². The highest BCUT2D eigenvalue weighted by atomic mass is 32.2. The van der Waals surface area contributed by atoms with Crippen LogP contribution in [0.2, 0.25) is 0 Å². The van der Waals surface area contributed by atoms with E-state index in [9.17, 15) is 13.2 Å². The summed E-state index contributed by atoms with van der Waals surface area (Å²) in [4.78, 5) is 35.6. The lowest BCUT2D eigenvalue weighted by Gasteiger charge is -2.14. The molecule has 6 heterocycles. The molecule has 12 nitrogen and oxygen atoms in total. The van der Waals surface area contributed by atoms with Crippen LogP contribution in [0.5, 0.6) is 0 Å². The normalized spacial score (nSPS) is 14.1.